The molecule has 5 rings (SSSR count). The maximum atomic E-state index is 6.37. The van der Waals surface area contributed by atoms with Crippen LogP contribution in [0.4, 0.5) is 0 Å². The molecule has 0 saturated heterocycles. The Morgan fingerprint density at radius 1 is 0.871 bits per heavy atom. The maximum absolute atomic E-state index is 6.37. The molecule has 3 aromatic heterocycles. The number of nitrogens with zero attached hydrogens (tertiary/aromatic N) is 2. The highest BCUT2D eigenvalue weighted by Crippen LogP contribution is 2.38. The molecule has 31 heavy (non-hydrogen) atoms. The summed E-state index contributed by atoms with van der Waals surface area (Å²) in [6, 6.07) is 17.9. The summed E-state index contributed by atoms with van der Waals surface area (Å²) in [6.07, 6.45) is 0. The number of hydrogen-bond donors (Lipinski definition) is 0. The Morgan fingerprint density at radius 3 is 2.39 bits per heavy atom. The van der Waals surface area contributed by atoms with Crippen molar-refractivity contribution in [3.63, 3.8) is 0 Å². The van der Waals surface area contributed by atoms with E-state index in [0.717, 1.165) is 33.3 Å². The Labute approximate surface area is 184 Å². The molecule has 5 aromatic rings. The van der Waals surface area contributed by atoms with Gasteiger partial charge in [-0.15, -0.1) is 0 Å². The normalized spacial score (nSPS) is 12.4. The second kappa shape index (κ2) is 6.76. The standard InChI is InChI=1S/C27H29N2OSi/c1-16-14-22-21-11-8-17(2)28-27(21)30-26(22)25(18(16)3)24-12-9-19-15-20(31(5,6)7)10-13-23(19)29(24)4/h8-15H,1-7H3/q+1. The molecule has 0 aliphatic carbocycles. The van der Waals surface area contributed by atoms with Gasteiger partial charge in [-0.3, -0.25) is 0 Å². The van der Waals surface area contributed by atoms with Crippen molar-refractivity contribution in [3.05, 3.63) is 65.4 Å². The van der Waals surface area contributed by atoms with Crippen LogP contribution in [0.3, 0.4) is 0 Å². The smallest absolute Gasteiger partial charge is 0.227 e. The summed E-state index contributed by atoms with van der Waals surface area (Å²) in [5.74, 6) is 0. The lowest BCUT2D eigenvalue weighted by atomic mass is 9.96. The lowest BCUT2D eigenvalue weighted by molar-refractivity contribution is -0.633. The summed E-state index contributed by atoms with van der Waals surface area (Å²) in [5, 5.41) is 4.98. The van der Waals surface area contributed by atoms with Gasteiger partial charge in [0.25, 0.3) is 0 Å². The topological polar surface area (TPSA) is 29.9 Å². The minimum Gasteiger partial charge on any atom is -0.437 e. The number of benzene rings is 2. The largest absolute Gasteiger partial charge is 0.437 e. The number of furan rings is 1. The predicted octanol–water partition coefficient (Wildman–Crippen LogP) is 6.10. The van der Waals surface area contributed by atoms with Crippen LogP contribution in [0.2, 0.25) is 19.6 Å². The van der Waals surface area contributed by atoms with Crippen molar-refractivity contribution in [2.45, 2.75) is 40.4 Å². The Bertz CT molecular complexity index is 1510. The summed E-state index contributed by atoms with van der Waals surface area (Å²) in [4.78, 5) is 4.64. The van der Waals surface area contributed by atoms with E-state index in [-0.39, 0.29) is 0 Å². The molecule has 4 heteroatoms. The quantitative estimate of drug-likeness (QED) is 0.253. The molecule has 0 aliphatic heterocycles. The van der Waals surface area contributed by atoms with Gasteiger partial charge in [0, 0.05) is 34.0 Å². The van der Waals surface area contributed by atoms with Crippen LogP contribution in [-0.2, 0) is 7.05 Å². The summed E-state index contributed by atoms with van der Waals surface area (Å²) in [7, 11) is 0.804. The van der Waals surface area contributed by atoms with E-state index in [1.165, 1.54) is 27.2 Å². The molecule has 3 heterocycles. The molecule has 0 saturated carbocycles. The van der Waals surface area contributed by atoms with Crippen LogP contribution in [0.25, 0.3) is 44.2 Å². The third-order valence-electron chi connectivity index (χ3n) is 6.58. The first-order valence-corrected chi connectivity index (χ1v) is 14.4. The molecule has 3 nitrogen and oxygen atoms in total. The van der Waals surface area contributed by atoms with Crippen LogP contribution in [-0.4, -0.2) is 13.1 Å². The van der Waals surface area contributed by atoms with Crippen LogP contribution in [0.15, 0.2) is 52.9 Å². The average Bonchev–Trinajstić information content (AvgIpc) is 3.06. The van der Waals surface area contributed by atoms with Crippen molar-refractivity contribution in [2.24, 2.45) is 7.05 Å². The summed E-state index contributed by atoms with van der Waals surface area (Å²) >= 11 is 0. The molecule has 0 bridgehead atoms. The van der Waals surface area contributed by atoms with Gasteiger partial charge in [0.2, 0.25) is 16.9 Å². The van der Waals surface area contributed by atoms with Gasteiger partial charge in [-0.25, -0.2) is 4.98 Å². The molecule has 156 valence electrons. The van der Waals surface area contributed by atoms with E-state index >= 15 is 0 Å². The number of rotatable bonds is 2. The SMILES string of the molecule is Cc1ccc2c(n1)oc1c(-c3ccc4cc([Si](C)(C)C)ccc4[n+]3C)c(C)c(C)cc12. The lowest BCUT2D eigenvalue weighted by Gasteiger charge is -2.17. The number of aryl methyl sites for hydroxylation is 3. The highest BCUT2D eigenvalue weighted by molar-refractivity contribution is 6.88. The van der Waals surface area contributed by atoms with Crippen LogP contribution >= 0.6 is 0 Å². The fraction of sp³-hybridized carbons (Fsp3) is 0.259. The Balaban J connectivity index is 1.83. The molecule has 0 fully saturated rings. The van der Waals surface area contributed by atoms with Gasteiger partial charge in [0.1, 0.15) is 7.05 Å². The molecular formula is C27H29N2OSi+. The second-order valence-corrected chi connectivity index (χ2v) is 14.9. The van der Waals surface area contributed by atoms with Crippen molar-refractivity contribution in [3.8, 4) is 11.3 Å². The minimum atomic E-state index is -1.35. The molecular weight excluding hydrogens is 396 g/mol. The Hall–Kier alpha value is -2.98. The highest BCUT2D eigenvalue weighted by atomic mass is 28.3. The van der Waals surface area contributed by atoms with Gasteiger partial charge in [0.15, 0.2) is 5.58 Å². The van der Waals surface area contributed by atoms with Crippen LogP contribution in [0.5, 0.6) is 0 Å². The monoisotopic (exact) mass is 425 g/mol. The molecule has 0 amide bonds. The van der Waals surface area contributed by atoms with Gasteiger partial charge in [-0.1, -0.05) is 30.9 Å². The number of pyridine rings is 2. The third-order valence-corrected chi connectivity index (χ3v) is 8.62. The maximum Gasteiger partial charge on any atom is 0.227 e. The van der Waals surface area contributed by atoms with Gasteiger partial charge in [-0.05, 0) is 62.2 Å². The molecule has 0 aliphatic rings. The fourth-order valence-corrected chi connectivity index (χ4v) is 5.71. The Kier molecular flexibility index (Phi) is 4.35. The zero-order valence-electron chi connectivity index (χ0n) is 19.4. The van der Waals surface area contributed by atoms with Crippen molar-refractivity contribution >= 4 is 46.2 Å². The summed E-state index contributed by atoms with van der Waals surface area (Å²) in [6.45, 7) is 13.6. The third kappa shape index (κ3) is 3.09. The Morgan fingerprint density at radius 2 is 1.65 bits per heavy atom. The predicted molar refractivity (Wildman–Crippen MR) is 133 cm³/mol. The van der Waals surface area contributed by atoms with E-state index in [0.29, 0.717) is 5.71 Å². The first kappa shape index (κ1) is 19.9. The van der Waals surface area contributed by atoms with E-state index in [2.05, 4.69) is 98.6 Å². The van der Waals surface area contributed by atoms with Gasteiger partial charge in [-0.2, -0.15) is 4.57 Å². The lowest BCUT2D eigenvalue weighted by Crippen LogP contribution is -2.38. The number of hydrogen-bond acceptors (Lipinski definition) is 2. The van der Waals surface area contributed by atoms with Crippen molar-refractivity contribution in [1.82, 2.24) is 4.98 Å². The molecule has 0 unspecified atom stereocenters. The van der Waals surface area contributed by atoms with Crippen molar-refractivity contribution < 1.29 is 8.98 Å². The van der Waals surface area contributed by atoms with Gasteiger partial charge < -0.3 is 4.42 Å². The zero-order valence-corrected chi connectivity index (χ0v) is 20.4. The van der Waals surface area contributed by atoms with Gasteiger partial charge in [0.05, 0.1) is 13.6 Å². The molecule has 0 atom stereocenters. The molecule has 0 N–H and O–H groups in total. The van der Waals surface area contributed by atoms with Crippen molar-refractivity contribution in [2.75, 3.05) is 0 Å². The zero-order chi connectivity index (χ0) is 22.1. The van der Waals surface area contributed by atoms with E-state index in [1.807, 2.05) is 6.92 Å². The number of aromatic nitrogens is 2. The molecule has 2 aromatic carbocycles. The van der Waals surface area contributed by atoms with Gasteiger partial charge >= 0.3 is 0 Å². The van der Waals surface area contributed by atoms with Crippen LogP contribution in [0, 0.1) is 20.8 Å². The van der Waals surface area contributed by atoms with E-state index in [1.54, 1.807) is 0 Å². The van der Waals surface area contributed by atoms with E-state index in [4.69, 9.17) is 4.42 Å². The van der Waals surface area contributed by atoms with E-state index in [9.17, 15) is 0 Å². The fourth-order valence-electron chi connectivity index (χ4n) is 4.54. The van der Waals surface area contributed by atoms with Crippen molar-refractivity contribution in [1.29, 1.82) is 0 Å². The average molecular weight is 426 g/mol. The van der Waals surface area contributed by atoms with E-state index < -0.39 is 8.07 Å². The highest BCUT2D eigenvalue weighted by Gasteiger charge is 2.25. The van der Waals surface area contributed by atoms with Crippen LogP contribution in [0.1, 0.15) is 16.8 Å². The minimum absolute atomic E-state index is 0.712. The molecule has 0 radical (unpaired) electrons. The first-order valence-electron chi connectivity index (χ1n) is 10.9. The van der Waals surface area contributed by atoms with Crippen LogP contribution < -0.4 is 9.75 Å². The summed E-state index contributed by atoms with van der Waals surface area (Å²) < 4.78 is 8.67. The summed E-state index contributed by atoms with van der Waals surface area (Å²) in [5.41, 5.74) is 8.67. The molecule has 0 spiro atoms. The number of fused-ring (bicyclic) bond motifs is 4. The second-order valence-electron chi connectivity index (χ2n) is 9.78. The first-order chi connectivity index (χ1) is 14.6.